The first-order chi connectivity index (χ1) is 14.4. The molecule has 1 N–H and O–H groups in total. The first-order valence-electron chi connectivity index (χ1n) is 9.03. The van der Waals surface area contributed by atoms with E-state index >= 15 is 0 Å². The zero-order valence-corrected chi connectivity index (χ0v) is 16.5. The van der Waals surface area contributed by atoms with Crippen molar-refractivity contribution in [3.63, 3.8) is 0 Å². The number of hydrogen-bond donors (Lipinski definition) is 1. The first-order valence-corrected chi connectivity index (χ1v) is 9.03. The predicted octanol–water partition coefficient (Wildman–Crippen LogP) is 0.458. The van der Waals surface area contributed by atoms with Gasteiger partial charge in [0.2, 0.25) is 5.91 Å². The molecule has 2 aromatic heterocycles. The molecule has 10 nitrogen and oxygen atoms in total. The van der Waals surface area contributed by atoms with Gasteiger partial charge in [-0.25, -0.2) is 9.48 Å². The number of amides is 2. The van der Waals surface area contributed by atoms with Crippen LogP contribution in [-0.4, -0.2) is 52.7 Å². The Kier molecular flexibility index (Phi) is 6.26. The van der Waals surface area contributed by atoms with Crippen LogP contribution in [0.3, 0.4) is 0 Å². The van der Waals surface area contributed by atoms with Crippen LogP contribution >= 0.6 is 0 Å². The summed E-state index contributed by atoms with van der Waals surface area (Å²) in [6.07, 6.45) is 1.49. The summed E-state index contributed by atoms with van der Waals surface area (Å²) in [6, 6.07) is 9.92. The maximum absolute atomic E-state index is 12.4. The maximum Gasteiger partial charge on any atom is 0.359 e. The molecule has 10 heteroatoms. The number of rotatable bonds is 7. The molecule has 0 spiro atoms. The molecule has 0 fully saturated rings. The van der Waals surface area contributed by atoms with Crippen molar-refractivity contribution in [3.8, 4) is 0 Å². The molecule has 2 amide bonds. The Bertz CT molecular complexity index is 1140. The minimum Gasteiger partial charge on any atom is -0.467 e. The fourth-order valence-electron chi connectivity index (χ4n) is 2.71. The standard InChI is InChI=1S/C20H20N4O6/c1-23(11-16(25)21-10-13-6-5-9-29-13)17(26)12-30-20(28)18-14-7-3-4-8-15(14)19(27)24(2)22-18/h3-9H,10-12H2,1-2H3,(H,21,25). The molecule has 30 heavy (non-hydrogen) atoms. The predicted molar refractivity (Wildman–Crippen MR) is 105 cm³/mol. The Hall–Kier alpha value is -3.95. The van der Waals surface area contributed by atoms with E-state index in [1.165, 1.54) is 20.4 Å². The van der Waals surface area contributed by atoms with Gasteiger partial charge in [0.05, 0.1) is 24.7 Å². The molecule has 0 aliphatic carbocycles. The lowest BCUT2D eigenvalue weighted by Gasteiger charge is -2.16. The molecule has 2 heterocycles. The van der Waals surface area contributed by atoms with Crippen LogP contribution in [0.5, 0.6) is 0 Å². The molecule has 0 atom stereocenters. The Labute approximate surface area is 171 Å². The van der Waals surface area contributed by atoms with Crippen molar-refractivity contribution in [2.24, 2.45) is 7.05 Å². The molecule has 0 radical (unpaired) electrons. The Balaban J connectivity index is 1.57. The van der Waals surface area contributed by atoms with E-state index in [1.807, 2.05) is 0 Å². The third-order valence-electron chi connectivity index (χ3n) is 4.32. The minimum atomic E-state index is -0.842. The van der Waals surface area contributed by atoms with Gasteiger partial charge in [-0.05, 0) is 18.2 Å². The second-order valence-corrected chi connectivity index (χ2v) is 6.50. The number of carbonyl (C=O) groups excluding carboxylic acids is 3. The molecule has 1 aromatic carbocycles. The molecule has 0 aliphatic rings. The topological polar surface area (TPSA) is 124 Å². The fourth-order valence-corrected chi connectivity index (χ4v) is 2.71. The summed E-state index contributed by atoms with van der Waals surface area (Å²) in [7, 11) is 2.84. The molecule has 0 saturated heterocycles. The summed E-state index contributed by atoms with van der Waals surface area (Å²) < 4.78 is 11.2. The molecule has 156 valence electrons. The Morgan fingerprint density at radius 1 is 1.17 bits per heavy atom. The number of hydrogen-bond acceptors (Lipinski definition) is 7. The average Bonchev–Trinajstić information content (AvgIpc) is 3.26. The van der Waals surface area contributed by atoms with Crippen LogP contribution in [0.25, 0.3) is 10.8 Å². The van der Waals surface area contributed by atoms with Gasteiger partial charge >= 0.3 is 5.97 Å². The van der Waals surface area contributed by atoms with Crippen molar-refractivity contribution >= 4 is 28.6 Å². The Morgan fingerprint density at radius 3 is 2.60 bits per heavy atom. The van der Waals surface area contributed by atoms with Gasteiger partial charge < -0.3 is 19.4 Å². The van der Waals surface area contributed by atoms with Crippen molar-refractivity contribution in [1.82, 2.24) is 20.0 Å². The van der Waals surface area contributed by atoms with Crippen LogP contribution < -0.4 is 10.9 Å². The molecule has 0 saturated carbocycles. The largest absolute Gasteiger partial charge is 0.467 e. The quantitative estimate of drug-likeness (QED) is 0.559. The van der Waals surface area contributed by atoms with Crippen molar-refractivity contribution in [1.29, 1.82) is 0 Å². The van der Waals surface area contributed by atoms with Crippen molar-refractivity contribution < 1.29 is 23.5 Å². The smallest absolute Gasteiger partial charge is 0.359 e. The lowest BCUT2D eigenvalue weighted by atomic mass is 10.1. The minimum absolute atomic E-state index is 0.0701. The number of likely N-dealkylation sites (N-methyl/N-ethyl adjacent to an activating group) is 1. The lowest BCUT2D eigenvalue weighted by molar-refractivity contribution is -0.137. The summed E-state index contributed by atoms with van der Waals surface area (Å²) in [5, 5.41) is 7.22. The molecule has 0 aliphatic heterocycles. The van der Waals surface area contributed by atoms with Crippen LogP contribution in [0, 0.1) is 0 Å². The number of furan rings is 1. The molecular formula is C20H20N4O6. The molecule has 0 unspecified atom stereocenters. The van der Waals surface area contributed by atoms with Gasteiger partial charge in [0.15, 0.2) is 12.3 Å². The number of benzene rings is 1. The highest BCUT2D eigenvalue weighted by Crippen LogP contribution is 2.14. The second-order valence-electron chi connectivity index (χ2n) is 6.50. The summed E-state index contributed by atoms with van der Waals surface area (Å²) in [6.45, 7) is -0.577. The van der Waals surface area contributed by atoms with E-state index in [1.54, 1.807) is 36.4 Å². The normalized spacial score (nSPS) is 10.6. The van der Waals surface area contributed by atoms with Gasteiger partial charge in [0.1, 0.15) is 5.76 Å². The number of esters is 1. The van der Waals surface area contributed by atoms with Gasteiger partial charge in [-0.2, -0.15) is 5.10 Å². The molecular weight excluding hydrogens is 392 g/mol. The third kappa shape index (κ3) is 4.72. The zero-order valence-electron chi connectivity index (χ0n) is 16.5. The highest BCUT2D eigenvalue weighted by molar-refractivity contribution is 6.02. The number of aromatic nitrogens is 2. The molecule has 3 aromatic rings. The van der Waals surface area contributed by atoms with E-state index in [0.717, 1.165) is 9.58 Å². The monoisotopic (exact) mass is 412 g/mol. The summed E-state index contributed by atoms with van der Waals surface area (Å²) in [5.41, 5.74) is -0.419. The van der Waals surface area contributed by atoms with Crippen molar-refractivity contribution in [2.45, 2.75) is 6.54 Å². The second kappa shape index (κ2) is 9.03. The SMILES string of the molecule is CN(CC(=O)NCc1ccco1)C(=O)COC(=O)c1nn(C)c(=O)c2ccccc12. The van der Waals surface area contributed by atoms with Gasteiger partial charge in [-0.3, -0.25) is 14.4 Å². The highest BCUT2D eigenvalue weighted by Gasteiger charge is 2.20. The molecule has 0 bridgehead atoms. The van der Waals surface area contributed by atoms with E-state index in [-0.39, 0.29) is 30.2 Å². The van der Waals surface area contributed by atoms with E-state index in [4.69, 9.17) is 9.15 Å². The van der Waals surface area contributed by atoms with Gasteiger partial charge in [0, 0.05) is 19.5 Å². The van der Waals surface area contributed by atoms with Crippen LogP contribution in [0.4, 0.5) is 0 Å². The average molecular weight is 412 g/mol. The number of fused-ring (bicyclic) bond motifs is 1. The summed E-state index contributed by atoms with van der Waals surface area (Å²) in [5.74, 6) is -1.21. The fraction of sp³-hybridized carbons (Fsp3) is 0.250. The molecule has 3 rings (SSSR count). The summed E-state index contributed by atoms with van der Waals surface area (Å²) >= 11 is 0. The summed E-state index contributed by atoms with van der Waals surface area (Å²) in [4.78, 5) is 49.9. The van der Waals surface area contributed by atoms with Crippen LogP contribution in [0.1, 0.15) is 16.2 Å². The Morgan fingerprint density at radius 2 is 1.90 bits per heavy atom. The number of carbonyl (C=O) groups is 3. The number of ether oxygens (including phenoxy) is 1. The highest BCUT2D eigenvalue weighted by atomic mass is 16.5. The van der Waals surface area contributed by atoms with E-state index in [0.29, 0.717) is 16.5 Å². The van der Waals surface area contributed by atoms with E-state index < -0.39 is 18.5 Å². The van der Waals surface area contributed by atoms with Crippen molar-refractivity contribution in [3.05, 3.63) is 64.5 Å². The van der Waals surface area contributed by atoms with Gasteiger partial charge in [0.25, 0.3) is 11.5 Å². The number of aryl methyl sites for hydroxylation is 1. The number of nitrogens with zero attached hydrogens (tertiary/aromatic N) is 3. The van der Waals surface area contributed by atoms with Crippen molar-refractivity contribution in [2.75, 3.05) is 20.2 Å². The number of nitrogens with one attached hydrogen (secondary N) is 1. The van der Waals surface area contributed by atoms with Crippen LogP contribution in [0.2, 0.25) is 0 Å². The lowest BCUT2D eigenvalue weighted by Crippen LogP contribution is -2.40. The van der Waals surface area contributed by atoms with Crippen LogP contribution in [-0.2, 0) is 27.9 Å². The van der Waals surface area contributed by atoms with Crippen LogP contribution in [0.15, 0.2) is 51.9 Å². The van der Waals surface area contributed by atoms with Gasteiger partial charge in [-0.15, -0.1) is 0 Å². The maximum atomic E-state index is 12.4. The van der Waals surface area contributed by atoms with E-state index in [9.17, 15) is 19.2 Å². The van der Waals surface area contributed by atoms with Gasteiger partial charge in [-0.1, -0.05) is 18.2 Å². The van der Waals surface area contributed by atoms with E-state index in [2.05, 4.69) is 10.4 Å². The third-order valence-corrected chi connectivity index (χ3v) is 4.32. The zero-order chi connectivity index (χ0) is 21.7. The first kappa shape index (κ1) is 20.8.